The van der Waals surface area contributed by atoms with Gasteiger partial charge >= 0.3 is 0 Å². The Kier molecular flexibility index (Phi) is 5.42. The first-order chi connectivity index (χ1) is 15.9. The third-order valence-electron chi connectivity index (χ3n) is 6.39. The van der Waals surface area contributed by atoms with E-state index in [1.807, 2.05) is 50.4 Å². The maximum absolute atomic E-state index is 12.3. The molecule has 7 heteroatoms. The number of aryl methyl sites for hydroxylation is 1. The van der Waals surface area contributed by atoms with Crippen LogP contribution in [-0.2, 0) is 6.54 Å². The number of hydrogen-bond acceptors (Lipinski definition) is 6. The molecule has 172 valence electrons. The Hall–Kier alpha value is -3.58. The fourth-order valence-electron chi connectivity index (χ4n) is 4.06. The van der Waals surface area contributed by atoms with E-state index in [-0.39, 0.29) is 14.5 Å². The Bertz CT molecular complexity index is 1380. The van der Waals surface area contributed by atoms with E-state index >= 15 is 0 Å². The molecule has 1 aliphatic rings. The standard InChI is InChI=1S/C26H27N5O2.2H2/c1-15-9-21(15)14-31-13-20(7-8-25(31)32)23-12-28-17(3)26(29-23)24-11-22(30-33-24)19-6-4-5-18(10-19)16(2)27;;/h4-8,10-13,15-16,21H,9,14,27H2,1-3H3;2*1H. The quantitative estimate of drug-likeness (QED) is 0.443. The molecule has 3 unspecified atom stereocenters. The summed E-state index contributed by atoms with van der Waals surface area (Å²) in [6.07, 6.45) is 4.78. The van der Waals surface area contributed by atoms with Gasteiger partial charge in [-0.25, -0.2) is 4.98 Å². The van der Waals surface area contributed by atoms with E-state index < -0.39 is 0 Å². The van der Waals surface area contributed by atoms with E-state index in [1.165, 1.54) is 6.42 Å². The fraction of sp³-hybridized carbons (Fsp3) is 0.308. The van der Waals surface area contributed by atoms with Crippen molar-refractivity contribution in [3.05, 3.63) is 76.5 Å². The maximum Gasteiger partial charge on any atom is 0.250 e. The number of nitrogens with zero attached hydrogens (tertiary/aromatic N) is 4. The fourth-order valence-corrected chi connectivity index (χ4v) is 4.06. The number of pyridine rings is 1. The van der Waals surface area contributed by atoms with E-state index in [2.05, 4.69) is 17.1 Å². The minimum atomic E-state index is -0.0625. The average molecular weight is 446 g/mol. The molecule has 0 spiro atoms. The smallest absolute Gasteiger partial charge is 0.250 e. The third kappa shape index (κ3) is 4.36. The summed E-state index contributed by atoms with van der Waals surface area (Å²) >= 11 is 0. The molecule has 1 aliphatic carbocycles. The summed E-state index contributed by atoms with van der Waals surface area (Å²) in [6.45, 7) is 6.80. The van der Waals surface area contributed by atoms with Gasteiger partial charge in [0.15, 0.2) is 5.76 Å². The topological polar surface area (TPSA) is 99.8 Å². The van der Waals surface area contributed by atoms with Gasteiger partial charge in [-0.05, 0) is 49.8 Å². The zero-order valence-electron chi connectivity index (χ0n) is 19.0. The van der Waals surface area contributed by atoms with E-state index in [9.17, 15) is 4.79 Å². The molecule has 1 fully saturated rings. The Balaban J connectivity index is 0.00000171. The molecular formula is C26H31N5O2. The van der Waals surface area contributed by atoms with Gasteiger partial charge in [-0.1, -0.05) is 30.3 Å². The minimum Gasteiger partial charge on any atom is -0.354 e. The normalized spacial score (nSPS) is 18.3. The highest BCUT2D eigenvalue weighted by Crippen LogP contribution is 2.38. The molecule has 5 rings (SSSR count). The molecule has 7 nitrogen and oxygen atoms in total. The number of benzene rings is 1. The number of hydrogen-bond donors (Lipinski definition) is 1. The third-order valence-corrected chi connectivity index (χ3v) is 6.39. The summed E-state index contributed by atoms with van der Waals surface area (Å²) in [5.41, 5.74) is 11.6. The van der Waals surface area contributed by atoms with Crippen molar-refractivity contribution in [1.82, 2.24) is 19.7 Å². The van der Waals surface area contributed by atoms with Crippen molar-refractivity contribution >= 4 is 0 Å². The van der Waals surface area contributed by atoms with Crippen LogP contribution in [0.1, 0.15) is 40.4 Å². The van der Waals surface area contributed by atoms with Gasteiger partial charge in [-0.15, -0.1) is 0 Å². The molecule has 3 atom stereocenters. The predicted molar refractivity (Wildman–Crippen MR) is 131 cm³/mol. The van der Waals surface area contributed by atoms with Gasteiger partial charge < -0.3 is 14.8 Å². The second-order valence-electron chi connectivity index (χ2n) is 9.06. The molecule has 0 bridgehead atoms. The van der Waals surface area contributed by atoms with Gasteiger partial charge in [0.2, 0.25) is 0 Å². The first-order valence-electron chi connectivity index (χ1n) is 11.3. The van der Waals surface area contributed by atoms with Crippen LogP contribution in [-0.4, -0.2) is 19.7 Å². The van der Waals surface area contributed by atoms with Crippen LogP contribution in [0.25, 0.3) is 34.0 Å². The highest BCUT2D eigenvalue weighted by molar-refractivity contribution is 5.68. The second kappa shape index (κ2) is 8.41. The van der Waals surface area contributed by atoms with Gasteiger partial charge in [0, 0.05) is 44.9 Å². The van der Waals surface area contributed by atoms with E-state index in [1.54, 1.807) is 22.9 Å². The zero-order chi connectivity index (χ0) is 23.1. The van der Waals surface area contributed by atoms with Gasteiger partial charge in [0.05, 0.1) is 17.6 Å². The van der Waals surface area contributed by atoms with E-state index in [4.69, 9.17) is 15.2 Å². The molecular weight excluding hydrogens is 414 g/mol. The van der Waals surface area contributed by atoms with Crippen LogP contribution in [0.15, 0.2) is 64.2 Å². The van der Waals surface area contributed by atoms with Crippen LogP contribution in [0.5, 0.6) is 0 Å². The summed E-state index contributed by atoms with van der Waals surface area (Å²) in [5.74, 6) is 1.80. The summed E-state index contributed by atoms with van der Waals surface area (Å²) in [7, 11) is 0. The molecule has 0 aliphatic heterocycles. The van der Waals surface area contributed by atoms with E-state index in [0.717, 1.165) is 28.9 Å². The first-order valence-corrected chi connectivity index (χ1v) is 11.3. The lowest BCUT2D eigenvalue weighted by atomic mass is 10.0. The minimum absolute atomic E-state index is 0. The lowest BCUT2D eigenvalue weighted by molar-refractivity contribution is 0.433. The Labute approximate surface area is 195 Å². The predicted octanol–water partition coefficient (Wildman–Crippen LogP) is 5.10. The molecule has 33 heavy (non-hydrogen) atoms. The van der Waals surface area contributed by atoms with Crippen LogP contribution >= 0.6 is 0 Å². The van der Waals surface area contributed by atoms with Crippen molar-refractivity contribution in [2.45, 2.75) is 39.8 Å². The molecule has 1 aromatic carbocycles. The zero-order valence-corrected chi connectivity index (χ0v) is 19.0. The number of rotatable bonds is 6. The highest BCUT2D eigenvalue weighted by atomic mass is 16.5. The molecule has 2 N–H and O–H groups in total. The SMILES string of the molecule is Cc1ncc(-c2ccc(=O)n(CC3CC3C)c2)nc1-c1cc(-c2cccc(C(C)N)c2)no1.[HH].[HH]. The second-order valence-corrected chi connectivity index (χ2v) is 9.06. The van der Waals surface area contributed by atoms with Crippen LogP contribution < -0.4 is 11.3 Å². The van der Waals surface area contributed by atoms with Gasteiger partial charge in [-0.2, -0.15) is 0 Å². The van der Waals surface area contributed by atoms with Crippen molar-refractivity contribution in [2.75, 3.05) is 0 Å². The molecule has 1 saturated carbocycles. The molecule has 0 amide bonds. The summed E-state index contributed by atoms with van der Waals surface area (Å²) in [5, 5.41) is 4.25. The molecule has 0 radical (unpaired) electrons. The Morgan fingerprint density at radius 3 is 2.79 bits per heavy atom. The van der Waals surface area contributed by atoms with Crippen LogP contribution in [0, 0.1) is 18.8 Å². The summed E-state index contributed by atoms with van der Waals surface area (Å²) in [4.78, 5) is 21.7. The van der Waals surface area contributed by atoms with Crippen molar-refractivity contribution in [2.24, 2.45) is 17.6 Å². The van der Waals surface area contributed by atoms with Crippen molar-refractivity contribution in [3.63, 3.8) is 0 Å². The largest absolute Gasteiger partial charge is 0.354 e. The summed E-state index contributed by atoms with van der Waals surface area (Å²) in [6, 6.07) is 13.2. The van der Waals surface area contributed by atoms with Crippen LogP contribution in [0.3, 0.4) is 0 Å². The van der Waals surface area contributed by atoms with Crippen molar-refractivity contribution in [3.8, 4) is 34.0 Å². The lowest BCUT2D eigenvalue weighted by Gasteiger charge is -2.09. The maximum atomic E-state index is 12.3. The summed E-state index contributed by atoms with van der Waals surface area (Å²) < 4.78 is 7.43. The van der Waals surface area contributed by atoms with Crippen LogP contribution in [0.2, 0.25) is 0 Å². The molecule has 3 aromatic heterocycles. The van der Waals surface area contributed by atoms with Gasteiger partial charge in [0.25, 0.3) is 5.56 Å². The Morgan fingerprint density at radius 2 is 2.03 bits per heavy atom. The first kappa shape index (κ1) is 21.3. The number of aromatic nitrogens is 4. The number of nitrogens with two attached hydrogens (primary N) is 1. The Morgan fingerprint density at radius 1 is 1.21 bits per heavy atom. The molecule has 0 saturated heterocycles. The average Bonchev–Trinajstić information content (AvgIpc) is 3.29. The molecule has 4 aromatic rings. The molecule has 3 heterocycles. The van der Waals surface area contributed by atoms with Gasteiger partial charge in [0.1, 0.15) is 11.4 Å². The highest BCUT2D eigenvalue weighted by Gasteiger charge is 2.32. The van der Waals surface area contributed by atoms with Gasteiger partial charge in [-0.3, -0.25) is 9.78 Å². The van der Waals surface area contributed by atoms with E-state index in [0.29, 0.717) is 34.7 Å². The van der Waals surface area contributed by atoms with Crippen molar-refractivity contribution < 1.29 is 7.38 Å². The lowest BCUT2D eigenvalue weighted by Crippen LogP contribution is -2.19. The monoisotopic (exact) mass is 445 g/mol. The van der Waals surface area contributed by atoms with Crippen LogP contribution in [0.4, 0.5) is 0 Å². The van der Waals surface area contributed by atoms with Crippen molar-refractivity contribution in [1.29, 1.82) is 0 Å².